The number of aromatic nitrogens is 1. The van der Waals surface area contributed by atoms with E-state index >= 15 is 0 Å². The van der Waals surface area contributed by atoms with Crippen LogP contribution in [0.4, 0.5) is 4.79 Å². The molecule has 1 aromatic heterocycles. The predicted octanol–water partition coefficient (Wildman–Crippen LogP) is 0.677. The van der Waals surface area contributed by atoms with E-state index in [1.165, 1.54) is 0 Å². The van der Waals surface area contributed by atoms with E-state index in [1.54, 1.807) is 17.3 Å². The SMILES string of the molecule is O=C(CCc1cccnc1)N1CCN2C(=O)OC[C@@H]2C1. The molecule has 2 amide bonds. The Bertz CT molecular complexity index is 506. The van der Waals surface area contributed by atoms with Crippen molar-refractivity contribution in [2.75, 3.05) is 26.2 Å². The summed E-state index contributed by atoms with van der Waals surface area (Å²) < 4.78 is 5.00. The molecule has 2 fully saturated rings. The fourth-order valence-corrected chi connectivity index (χ4v) is 2.67. The summed E-state index contributed by atoms with van der Waals surface area (Å²) >= 11 is 0. The first-order valence-corrected chi connectivity index (χ1v) is 6.84. The Hall–Kier alpha value is -2.11. The number of hydrogen-bond acceptors (Lipinski definition) is 4. The van der Waals surface area contributed by atoms with Crippen LogP contribution in [-0.4, -0.2) is 59.1 Å². The summed E-state index contributed by atoms with van der Waals surface area (Å²) in [6, 6.07) is 3.88. The summed E-state index contributed by atoms with van der Waals surface area (Å²) in [5, 5.41) is 0. The first kappa shape index (κ1) is 12.9. The van der Waals surface area contributed by atoms with Crippen molar-refractivity contribution in [3.63, 3.8) is 0 Å². The van der Waals surface area contributed by atoms with Gasteiger partial charge in [-0.25, -0.2) is 4.79 Å². The molecular formula is C14H17N3O3. The number of aryl methyl sites for hydroxylation is 1. The topological polar surface area (TPSA) is 62.7 Å². The molecule has 6 heteroatoms. The number of cyclic esters (lactones) is 1. The van der Waals surface area contributed by atoms with Crippen molar-refractivity contribution < 1.29 is 14.3 Å². The van der Waals surface area contributed by atoms with Crippen LogP contribution in [0.25, 0.3) is 0 Å². The smallest absolute Gasteiger partial charge is 0.410 e. The molecule has 0 radical (unpaired) electrons. The zero-order valence-corrected chi connectivity index (χ0v) is 11.2. The number of carbonyl (C=O) groups is 2. The highest BCUT2D eigenvalue weighted by Gasteiger charge is 2.38. The average molecular weight is 275 g/mol. The highest BCUT2D eigenvalue weighted by Crippen LogP contribution is 2.18. The van der Waals surface area contributed by atoms with Crippen molar-refractivity contribution in [3.8, 4) is 0 Å². The molecule has 20 heavy (non-hydrogen) atoms. The number of nitrogens with zero attached hydrogens (tertiary/aromatic N) is 3. The lowest BCUT2D eigenvalue weighted by molar-refractivity contribution is -0.133. The molecule has 0 aliphatic carbocycles. The fourth-order valence-electron chi connectivity index (χ4n) is 2.67. The van der Waals surface area contributed by atoms with Crippen molar-refractivity contribution in [1.82, 2.24) is 14.8 Å². The number of carbonyl (C=O) groups excluding carboxylic acids is 2. The van der Waals surface area contributed by atoms with E-state index in [1.807, 2.05) is 17.0 Å². The molecular weight excluding hydrogens is 258 g/mol. The summed E-state index contributed by atoms with van der Waals surface area (Å²) in [4.78, 5) is 31.2. The van der Waals surface area contributed by atoms with Crippen LogP contribution in [0.3, 0.4) is 0 Å². The van der Waals surface area contributed by atoms with Gasteiger partial charge in [-0.2, -0.15) is 0 Å². The molecule has 0 N–H and O–H groups in total. The minimum atomic E-state index is -0.252. The van der Waals surface area contributed by atoms with E-state index < -0.39 is 0 Å². The molecule has 106 valence electrons. The molecule has 3 heterocycles. The lowest BCUT2D eigenvalue weighted by atomic mass is 10.1. The Kier molecular flexibility index (Phi) is 3.54. The third-order valence-corrected chi connectivity index (χ3v) is 3.82. The van der Waals surface area contributed by atoms with Crippen LogP contribution >= 0.6 is 0 Å². The molecule has 0 bridgehead atoms. The van der Waals surface area contributed by atoms with Gasteiger partial charge in [0.05, 0.1) is 6.04 Å². The van der Waals surface area contributed by atoms with Crippen molar-refractivity contribution in [3.05, 3.63) is 30.1 Å². The van der Waals surface area contributed by atoms with Gasteiger partial charge in [-0.1, -0.05) is 6.07 Å². The molecule has 0 unspecified atom stereocenters. The van der Waals surface area contributed by atoms with E-state index in [9.17, 15) is 9.59 Å². The number of fused-ring (bicyclic) bond motifs is 1. The van der Waals surface area contributed by atoms with Gasteiger partial charge in [0.15, 0.2) is 0 Å². The highest BCUT2D eigenvalue weighted by molar-refractivity contribution is 5.77. The van der Waals surface area contributed by atoms with Gasteiger partial charge in [0, 0.05) is 38.4 Å². The number of amides is 2. The zero-order valence-electron chi connectivity index (χ0n) is 11.2. The second kappa shape index (κ2) is 5.48. The standard InChI is InChI=1S/C14H17N3O3/c18-13(4-3-11-2-1-5-15-8-11)16-6-7-17-12(9-16)10-20-14(17)19/h1-2,5,8,12H,3-4,6-7,9-10H2/t12-/m0/s1. The molecule has 0 aromatic carbocycles. The second-order valence-electron chi connectivity index (χ2n) is 5.13. The average Bonchev–Trinajstić information content (AvgIpc) is 2.87. The van der Waals surface area contributed by atoms with Gasteiger partial charge in [0.1, 0.15) is 6.61 Å². The number of ether oxygens (including phenoxy) is 1. The summed E-state index contributed by atoms with van der Waals surface area (Å²) in [7, 11) is 0. The first-order valence-electron chi connectivity index (χ1n) is 6.84. The maximum absolute atomic E-state index is 12.2. The van der Waals surface area contributed by atoms with Crippen LogP contribution in [-0.2, 0) is 16.0 Å². The lowest BCUT2D eigenvalue weighted by Gasteiger charge is -2.35. The maximum Gasteiger partial charge on any atom is 0.410 e. The van der Waals surface area contributed by atoms with Crippen LogP contribution in [0.5, 0.6) is 0 Å². The third-order valence-electron chi connectivity index (χ3n) is 3.82. The van der Waals surface area contributed by atoms with E-state index in [4.69, 9.17) is 4.74 Å². The third kappa shape index (κ3) is 2.59. The Morgan fingerprint density at radius 3 is 3.15 bits per heavy atom. The molecule has 1 atom stereocenters. The van der Waals surface area contributed by atoms with Crippen molar-refractivity contribution in [2.24, 2.45) is 0 Å². The molecule has 2 aliphatic heterocycles. The van der Waals surface area contributed by atoms with Crippen LogP contribution in [0.15, 0.2) is 24.5 Å². The lowest BCUT2D eigenvalue weighted by Crippen LogP contribution is -2.53. The van der Waals surface area contributed by atoms with Crippen LogP contribution in [0, 0.1) is 0 Å². The minimum absolute atomic E-state index is 0.0265. The van der Waals surface area contributed by atoms with E-state index in [2.05, 4.69) is 4.98 Å². The van der Waals surface area contributed by atoms with E-state index in [-0.39, 0.29) is 18.0 Å². The van der Waals surface area contributed by atoms with Gasteiger partial charge in [-0.15, -0.1) is 0 Å². The monoisotopic (exact) mass is 275 g/mol. The fraction of sp³-hybridized carbons (Fsp3) is 0.500. The minimum Gasteiger partial charge on any atom is -0.447 e. The van der Waals surface area contributed by atoms with Gasteiger partial charge in [-0.3, -0.25) is 14.7 Å². The van der Waals surface area contributed by atoms with Gasteiger partial charge in [0.25, 0.3) is 0 Å². The number of piperazine rings is 1. The molecule has 6 nitrogen and oxygen atoms in total. The normalized spacial score (nSPS) is 21.6. The van der Waals surface area contributed by atoms with Crippen molar-refractivity contribution >= 4 is 12.0 Å². The summed E-state index contributed by atoms with van der Waals surface area (Å²) in [5.74, 6) is 0.132. The number of hydrogen-bond donors (Lipinski definition) is 0. The van der Waals surface area contributed by atoms with E-state index in [0.29, 0.717) is 39.1 Å². The summed E-state index contributed by atoms with van der Waals surface area (Å²) in [5.41, 5.74) is 1.07. The molecule has 3 rings (SSSR count). The Balaban J connectivity index is 1.52. The van der Waals surface area contributed by atoms with E-state index in [0.717, 1.165) is 5.56 Å². The highest BCUT2D eigenvalue weighted by atomic mass is 16.6. The van der Waals surface area contributed by atoms with Gasteiger partial charge >= 0.3 is 6.09 Å². The van der Waals surface area contributed by atoms with Crippen molar-refractivity contribution in [1.29, 1.82) is 0 Å². The predicted molar refractivity (Wildman–Crippen MR) is 71.0 cm³/mol. The summed E-state index contributed by atoms with van der Waals surface area (Å²) in [6.45, 7) is 2.14. The molecule has 2 aliphatic rings. The number of pyridine rings is 1. The van der Waals surface area contributed by atoms with Gasteiger partial charge in [-0.05, 0) is 18.1 Å². The molecule has 1 aromatic rings. The summed E-state index contributed by atoms with van der Waals surface area (Å²) in [6.07, 6.45) is 4.44. The van der Waals surface area contributed by atoms with Gasteiger partial charge in [0.2, 0.25) is 5.91 Å². The van der Waals surface area contributed by atoms with Gasteiger partial charge < -0.3 is 9.64 Å². The largest absolute Gasteiger partial charge is 0.447 e. The van der Waals surface area contributed by atoms with Crippen LogP contribution < -0.4 is 0 Å². The first-order chi connectivity index (χ1) is 9.74. The Labute approximate surface area is 117 Å². The van der Waals surface area contributed by atoms with Crippen molar-refractivity contribution in [2.45, 2.75) is 18.9 Å². The maximum atomic E-state index is 12.2. The number of rotatable bonds is 3. The van der Waals surface area contributed by atoms with Crippen LogP contribution in [0.2, 0.25) is 0 Å². The Morgan fingerprint density at radius 1 is 1.45 bits per heavy atom. The Morgan fingerprint density at radius 2 is 2.35 bits per heavy atom. The van der Waals surface area contributed by atoms with Crippen LogP contribution in [0.1, 0.15) is 12.0 Å². The molecule has 0 saturated carbocycles. The zero-order chi connectivity index (χ0) is 13.9. The quantitative estimate of drug-likeness (QED) is 0.813. The molecule has 0 spiro atoms. The molecule has 2 saturated heterocycles. The second-order valence-corrected chi connectivity index (χ2v) is 5.13.